The van der Waals surface area contributed by atoms with Crippen molar-refractivity contribution < 1.29 is 4.42 Å². The summed E-state index contributed by atoms with van der Waals surface area (Å²) >= 11 is 6.26. The standard InChI is InChI=1S/C21H14ClN3O/c22-21-24-19(13-6-2-1-3-7-13)23-20(25-21)14-10-11-18-16(12-14)15-8-4-5-9-17(15)26-18/h1-12,21H,(H,23,24,25). The number of nitrogens with zero attached hydrogens (tertiary/aromatic N) is 2. The van der Waals surface area contributed by atoms with Crippen molar-refractivity contribution in [2.75, 3.05) is 0 Å². The summed E-state index contributed by atoms with van der Waals surface area (Å²) in [7, 11) is 0. The Morgan fingerprint density at radius 1 is 0.731 bits per heavy atom. The van der Waals surface area contributed by atoms with Crippen molar-refractivity contribution in [1.29, 1.82) is 0 Å². The third-order valence-electron chi connectivity index (χ3n) is 4.41. The molecular formula is C21H14ClN3O. The van der Waals surface area contributed by atoms with Gasteiger partial charge in [-0.25, -0.2) is 9.98 Å². The van der Waals surface area contributed by atoms with Gasteiger partial charge in [0.2, 0.25) is 5.62 Å². The van der Waals surface area contributed by atoms with E-state index in [1.54, 1.807) is 0 Å². The van der Waals surface area contributed by atoms with Gasteiger partial charge in [-0.1, -0.05) is 60.1 Å². The zero-order chi connectivity index (χ0) is 17.5. The number of halogens is 1. The molecule has 1 atom stereocenters. The van der Waals surface area contributed by atoms with Crippen LogP contribution >= 0.6 is 11.6 Å². The number of alkyl halides is 1. The molecule has 5 heteroatoms. The average molecular weight is 360 g/mol. The van der Waals surface area contributed by atoms with Crippen LogP contribution in [0.3, 0.4) is 0 Å². The molecule has 1 aliphatic heterocycles. The topological polar surface area (TPSA) is 49.9 Å². The molecule has 26 heavy (non-hydrogen) atoms. The summed E-state index contributed by atoms with van der Waals surface area (Å²) in [6.07, 6.45) is 0. The zero-order valence-corrected chi connectivity index (χ0v) is 14.4. The van der Waals surface area contributed by atoms with Crippen molar-refractivity contribution in [3.8, 4) is 0 Å². The second kappa shape index (κ2) is 6.00. The maximum atomic E-state index is 6.26. The molecule has 0 saturated carbocycles. The first-order valence-electron chi connectivity index (χ1n) is 8.32. The first kappa shape index (κ1) is 15.2. The van der Waals surface area contributed by atoms with Gasteiger partial charge >= 0.3 is 0 Å². The highest BCUT2D eigenvalue weighted by Gasteiger charge is 2.18. The van der Waals surface area contributed by atoms with Crippen LogP contribution in [0.15, 0.2) is 87.2 Å². The van der Waals surface area contributed by atoms with E-state index in [1.165, 1.54) is 0 Å². The van der Waals surface area contributed by atoms with E-state index in [0.29, 0.717) is 11.7 Å². The predicted octanol–water partition coefficient (Wildman–Crippen LogP) is 4.91. The molecule has 1 aliphatic rings. The van der Waals surface area contributed by atoms with Crippen LogP contribution in [-0.2, 0) is 0 Å². The van der Waals surface area contributed by atoms with Gasteiger partial charge in [0.25, 0.3) is 0 Å². The van der Waals surface area contributed by atoms with Crippen LogP contribution in [0.5, 0.6) is 0 Å². The van der Waals surface area contributed by atoms with Crippen LogP contribution < -0.4 is 5.32 Å². The summed E-state index contributed by atoms with van der Waals surface area (Å²) < 4.78 is 5.90. The van der Waals surface area contributed by atoms with Crippen molar-refractivity contribution in [3.63, 3.8) is 0 Å². The maximum Gasteiger partial charge on any atom is 0.219 e. The van der Waals surface area contributed by atoms with Gasteiger partial charge in [0.05, 0.1) is 0 Å². The molecule has 0 amide bonds. The van der Waals surface area contributed by atoms with Gasteiger partial charge in [0.15, 0.2) is 0 Å². The van der Waals surface area contributed by atoms with Crippen LogP contribution in [0.2, 0.25) is 0 Å². The SMILES string of the molecule is ClC1N=C(c2ccccc2)NC(c2ccc3oc4ccccc4c3c2)=N1. The quantitative estimate of drug-likeness (QED) is 0.408. The third-order valence-corrected chi connectivity index (χ3v) is 4.60. The van der Waals surface area contributed by atoms with E-state index >= 15 is 0 Å². The fourth-order valence-electron chi connectivity index (χ4n) is 3.18. The van der Waals surface area contributed by atoms with E-state index < -0.39 is 5.62 Å². The van der Waals surface area contributed by atoms with E-state index in [4.69, 9.17) is 16.0 Å². The number of hydrogen-bond donors (Lipinski definition) is 1. The van der Waals surface area contributed by atoms with Gasteiger partial charge in [0, 0.05) is 21.9 Å². The Morgan fingerprint density at radius 2 is 1.42 bits per heavy atom. The molecule has 4 aromatic rings. The van der Waals surface area contributed by atoms with E-state index in [9.17, 15) is 0 Å². The van der Waals surface area contributed by atoms with Gasteiger partial charge in [0.1, 0.15) is 22.8 Å². The first-order valence-corrected chi connectivity index (χ1v) is 8.75. The van der Waals surface area contributed by atoms with Crippen molar-refractivity contribution in [2.45, 2.75) is 5.62 Å². The van der Waals surface area contributed by atoms with Gasteiger partial charge in [-0.3, -0.25) is 0 Å². The highest BCUT2D eigenvalue weighted by atomic mass is 35.5. The Kier molecular flexibility index (Phi) is 3.50. The van der Waals surface area contributed by atoms with Gasteiger partial charge in [-0.05, 0) is 24.3 Å². The minimum Gasteiger partial charge on any atom is -0.456 e. The number of hydrogen-bond acceptors (Lipinski definition) is 4. The van der Waals surface area contributed by atoms with Crippen LogP contribution in [0.25, 0.3) is 21.9 Å². The smallest absolute Gasteiger partial charge is 0.219 e. The van der Waals surface area contributed by atoms with Crippen molar-refractivity contribution in [3.05, 3.63) is 83.9 Å². The molecule has 0 bridgehead atoms. The molecule has 0 spiro atoms. The lowest BCUT2D eigenvalue weighted by Crippen LogP contribution is -2.36. The number of para-hydroxylation sites is 1. The number of benzene rings is 3. The number of nitrogens with one attached hydrogen (secondary N) is 1. The maximum absolute atomic E-state index is 6.26. The average Bonchev–Trinajstić information content (AvgIpc) is 3.06. The summed E-state index contributed by atoms with van der Waals surface area (Å²) in [6.45, 7) is 0. The molecule has 5 rings (SSSR count). The summed E-state index contributed by atoms with van der Waals surface area (Å²) in [5.74, 6) is 1.42. The lowest BCUT2D eigenvalue weighted by atomic mass is 10.1. The fourth-order valence-corrected chi connectivity index (χ4v) is 3.38. The Hall–Kier alpha value is -3.11. The van der Waals surface area contributed by atoms with E-state index in [2.05, 4.69) is 27.4 Å². The molecule has 1 N–H and O–H groups in total. The number of amidine groups is 2. The van der Waals surface area contributed by atoms with Crippen molar-refractivity contribution in [1.82, 2.24) is 5.32 Å². The fraction of sp³-hybridized carbons (Fsp3) is 0.0476. The molecular weight excluding hydrogens is 346 g/mol. The highest BCUT2D eigenvalue weighted by Crippen LogP contribution is 2.29. The zero-order valence-electron chi connectivity index (χ0n) is 13.7. The van der Waals surface area contributed by atoms with E-state index in [1.807, 2.05) is 60.7 Å². The van der Waals surface area contributed by atoms with Crippen LogP contribution in [0.4, 0.5) is 0 Å². The Balaban J connectivity index is 1.58. The van der Waals surface area contributed by atoms with Crippen molar-refractivity contribution in [2.24, 2.45) is 9.98 Å². The summed E-state index contributed by atoms with van der Waals surface area (Å²) in [6, 6.07) is 23.9. The van der Waals surface area contributed by atoms with Crippen LogP contribution in [-0.4, -0.2) is 17.3 Å². The number of rotatable bonds is 2. The molecule has 3 aromatic carbocycles. The third kappa shape index (κ3) is 2.55. The number of fused-ring (bicyclic) bond motifs is 3. The lowest BCUT2D eigenvalue weighted by molar-refractivity contribution is 0.669. The van der Waals surface area contributed by atoms with Crippen LogP contribution in [0.1, 0.15) is 11.1 Å². The van der Waals surface area contributed by atoms with Crippen LogP contribution in [0, 0.1) is 0 Å². The highest BCUT2D eigenvalue weighted by molar-refractivity contribution is 6.25. The first-order chi connectivity index (χ1) is 12.8. The monoisotopic (exact) mass is 359 g/mol. The molecule has 4 nitrogen and oxygen atoms in total. The molecule has 0 saturated heterocycles. The van der Waals surface area contributed by atoms with E-state index in [0.717, 1.165) is 33.1 Å². The molecule has 1 unspecified atom stereocenters. The van der Waals surface area contributed by atoms with Crippen molar-refractivity contribution >= 4 is 45.2 Å². The summed E-state index contributed by atoms with van der Waals surface area (Å²) in [5, 5.41) is 5.44. The van der Waals surface area contributed by atoms with Gasteiger partial charge in [-0.15, -0.1) is 0 Å². The largest absolute Gasteiger partial charge is 0.456 e. The summed E-state index contributed by atoms with van der Waals surface area (Å²) in [4.78, 5) is 8.85. The molecule has 0 aliphatic carbocycles. The predicted molar refractivity (Wildman–Crippen MR) is 106 cm³/mol. The molecule has 0 radical (unpaired) electrons. The Labute approximate surface area is 154 Å². The minimum absolute atomic E-state index is 0.654. The molecule has 2 heterocycles. The minimum atomic E-state index is -0.654. The molecule has 1 aromatic heterocycles. The Bertz CT molecular complexity index is 1180. The summed E-state index contributed by atoms with van der Waals surface area (Å²) in [5.41, 5.74) is 2.99. The lowest BCUT2D eigenvalue weighted by Gasteiger charge is -2.19. The van der Waals surface area contributed by atoms with E-state index in [-0.39, 0.29) is 0 Å². The molecule has 126 valence electrons. The Morgan fingerprint density at radius 3 is 2.27 bits per heavy atom. The second-order valence-electron chi connectivity index (χ2n) is 6.07. The normalized spacial score (nSPS) is 17.0. The molecule has 0 fully saturated rings. The van der Waals surface area contributed by atoms with Gasteiger partial charge < -0.3 is 9.73 Å². The van der Waals surface area contributed by atoms with Gasteiger partial charge in [-0.2, -0.15) is 0 Å². The number of aliphatic imine (C=N–C) groups is 2. The second-order valence-corrected chi connectivity index (χ2v) is 6.46. The number of furan rings is 1.